The molecular weight excluding hydrogens is 204 g/mol. The Hall–Kier alpha value is -0.170. The van der Waals surface area contributed by atoms with Crippen molar-refractivity contribution in [3.8, 4) is 11.8 Å². The molecule has 0 saturated carbocycles. The number of thioether (sulfide) groups is 1. The molecule has 2 nitrogen and oxygen atoms in total. The second kappa shape index (κ2) is 7.16. The number of nitrogens with one attached hydrogen (secondary N) is 1. The van der Waals surface area contributed by atoms with Crippen molar-refractivity contribution in [2.45, 2.75) is 31.8 Å². The Balaban J connectivity index is 2.43. The average Bonchev–Trinajstić information content (AvgIpc) is 2.26. The first-order valence-corrected chi connectivity index (χ1v) is 6.80. The maximum Gasteiger partial charge on any atom is 0.0337 e. The minimum Gasteiger partial charge on any atom is -0.315 e. The summed E-state index contributed by atoms with van der Waals surface area (Å²) in [5.41, 5.74) is 0. The van der Waals surface area contributed by atoms with Gasteiger partial charge in [-0.15, -0.1) is 11.8 Å². The van der Waals surface area contributed by atoms with Crippen LogP contribution in [0, 0.1) is 11.8 Å². The lowest BCUT2D eigenvalue weighted by atomic mass is 10.0. The SMILES string of the molecule is CC#CCCC(NC)C1CSCCN1C. The molecule has 0 aromatic rings. The molecule has 2 unspecified atom stereocenters. The zero-order chi connectivity index (χ0) is 11.1. The van der Waals surface area contributed by atoms with Gasteiger partial charge in [-0.1, -0.05) is 0 Å². The van der Waals surface area contributed by atoms with E-state index >= 15 is 0 Å². The van der Waals surface area contributed by atoms with Crippen molar-refractivity contribution in [3.63, 3.8) is 0 Å². The first-order chi connectivity index (χ1) is 7.29. The van der Waals surface area contributed by atoms with E-state index in [1.807, 2.05) is 6.92 Å². The van der Waals surface area contributed by atoms with Crippen LogP contribution in [0.4, 0.5) is 0 Å². The van der Waals surface area contributed by atoms with E-state index in [9.17, 15) is 0 Å². The normalized spacial score (nSPS) is 24.3. The van der Waals surface area contributed by atoms with Gasteiger partial charge in [0.15, 0.2) is 0 Å². The number of nitrogens with zero attached hydrogens (tertiary/aromatic N) is 1. The molecule has 1 rings (SSSR count). The smallest absolute Gasteiger partial charge is 0.0337 e. The molecule has 1 fully saturated rings. The molecule has 0 amide bonds. The van der Waals surface area contributed by atoms with Crippen LogP contribution < -0.4 is 5.32 Å². The maximum absolute atomic E-state index is 3.44. The first kappa shape index (κ1) is 12.9. The zero-order valence-electron chi connectivity index (χ0n) is 10.0. The summed E-state index contributed by atoms with van der Waals surface area (Å²) >= 11 is 2.07. The fourth-order valence-corrected chi connectivity index (χ4v) is 3.32. The van der Waals surface area contributed by atoms with Gasteiger partial charge in [0.2, 0.25) is 0 Å². The summed E-state index contributed by atoms with van der Waals surface area (Å²) in [6.07, 6.45) is 2.17. The van der Waals surface area contributed by atoms with E-state index in [0.29, 0.717) is 12.1 Å². The minimum absolute atomic E-state index is 0.587. The van der Waals surface area contributed by atoms with Gasteiger partial charge in [0.05, 0.1) is 0 Å². The molecule has 86 valence electrons. The molecule has 1 aliphatic heterocycles. The molecule has 0 aromatic carbocycles. The van der Waals surface area contributed by atoms with Crippen molar-refractivity contribution in [1.82, 2.24) is 10.2 Å². The Morgan fingerprint density at radius 2 is 2.40 bits per heavy atom. The number of hydrogen-bond acceptors (Lipinski definition) is 3. The van der Waals surface area contributed by atoms with Crippen LogP contribution in [-0.2, 0) is 0 Å². The highest BCUT2D eigenvalue weighted by Crippen LogP contribution is 2.19. The van der Waals surface area contributed by atoms with Gasteiger partial charge >= 0.3 is 0 Å². The third kappa shape index (κ3) is 4.06. The third-order valence-electron chi connectivity index (χ3n) is 3.04. The van der Waals surface area contributed by atoms with E-state index in [1.165, 1.54) is 18.1 Å². The number of rotatable bonds is 4. The Morgan fingerprint density at radius 3 is 3.00 bits per heavy atom. The van der Waals surface area contributed by atoms with E-state index in [1.54, 1.807) is 0 Å². The van der Waals surface area contributed by atoms with Crippen molar-refractivity contribution in [2.75, 3.05) is 32.1 Å². The zero-order valence-corrected chi connectivity index (χ0v) is 10.9. The predicted octanol–water partition coefficient (Wildman–Crippen LogP) is 1.43. The van der Waals surface area contributed by atoms with Crippen molar-refractivity contribution in [3.05, 3.63) is 0 Å². The van der Waals surface area contributed by atoms with E-state index in [4.69, 9.17) is 0 Å². The number of likely N-dealkylation sites (N-methyl/N-ethyl adjacent to an activating group) is 2. The monoisotopic (exact) mass is 226 g/mol. The quantitative estimate of drug-likeness (QED) is 0.730. The van der Waals surface area contributed by atoms with Crippen LogP contribution in [0.2, 0.25) is 0 Å². The van der Waals surface area contributed by atoms with Crippen LogP contribution >= 0.6 is 11.8 Å². The van der Waals surface area contributed by atoms with Crippen molar-refractivity contribution < 1.29 is 0 Å². The predicted molar refractivity (Wildman–Crippen MR) is 69.3 cm³/mol. The Labute approximate surface area is 98.2 Å². The maximum atomic E-state index is 3.44. The van der Waals surface area contributed by atoms with E-state index in [-0.39, 0.29) is 0 Å². The highest BCUT2D eigenvalue weighted by molar-refractivity contribution is 7.99. The second-order valence-corrected chi connectivity index (χ2v) is 5.13. The Bertz CT molecular complexity index is 232. The largest absolute Gasteiger partial charge is 0.315 e. The molecule has 0 spiro atoms. The summed E-state index contributed by atoms with van der Waals surface area (Å²) < 4.78 is 0. The summed E-state index contributed by atoms with van der Waals surface area (Å²) in [6, 6.07) is 1.26. The van der Waals surface area contributed by atoms with Gasteiger partial charge in [0.1, 0.15) is 0 Å². The molecule has 2 atom stereocenters. The molecule has 1 N–H and O–H groups in total. The fraction of sp³-hybridized carbons (Fsp3) is 0.833. The summed E-state index contributed by atoms with van der Waals surface area (Å²) in [7, 11) is 4.30. The molecule has 0 radical (unpaired) electrons. The lowest BCUT2D eigenvalue weighted by molar-refractivity contribution is 0.214. The standard InChI is InChI=1S/C12H22N2S/c1-4-5-6-7-11(13-2)12-10-15-9-8-14(12)3/h11-13H,6-10H2,1-3H3. The van der Waals surface area contributed by atoms with Gasteiger partial charge < -0.3 is 10.2 Å². The molecular formula is C12H22N2S. The minimum atomic E-state index is 0.587. The molecule has 1 heterocycles. The summed E-state index contributed by atoms with van der Waals surface area (Å²) in [6.45, 7) is 3.13. The van der Waals surface area contributed by atoms with Crippen molar-refractivity contribution in [2.24, 2.45) is 0 Å². The summed E-state index contributed by atoms with van der Waals surface area (Å²) in [5.74, 6) is 8.64. The fourth-order valence-electron chi connectivity index (χ4n) is 2.01. The first-order valence-electron chi connectivity index (χ1n) is 5.64. The van der Waals surface area contributed by atoms with Crippen LogP contribution in [-0.4, -0.2) is 49.1 Å². The van der Waals surface area contributed by atoms with E-state index < -0.39 is 0 Å². The summed E-state index contributed by atoms with van der Waals surface area (Å²) in [5, 5.41) is 3.44. The van der Waals surface area contributed by atoms with Crippen LogP contribution in [0.25, 0.3) is 0 Å². The lowest BCUT2D eigenvalue weighted by Gasteiger charge is -2.37. The van der Waals surface area contributed by atoms with Gasteiger partial charge in [-0.05, 0) is 27.4 Å². The van der Waals surface area contributed by atoms with Gasteiger partial charge in [0, 0.05) is 36.6 Å². The molecule has 0 aromatic heterocycles. The molecule has 3 heteroatoms. The molecule has 0 aliphatic carbocycles. The van der Waals surface area contributed by atoms with Crippen molar-refractivity contribution >= 4 is 11.8 Å². The second-order valence-electron chi connectivity index (χ2n) is 3.98. The summed E-state index contributed by atoms with van der Waals surface area (Å²) in [4.78, 5) is 2.48. The van der Waals surface area contributed by atoms with Gasteiger partial charge in [-0.3, -0.25) is 0 Å². The molecule has 0 bridgehead atoms. The topological polar surface area (TPSA) is 15.3 Å². The van der Waals surface area contributed by atoms with Crippen molar-refractivity contribution in [1.29, 1.82) is 0 Å². The van der Waals surface area contributed by atoms with Gasteiger partial charge in [-0.2, -0.15) is 11.8 Å². The van der Waals surface area contributed by atoms with Gasteiger partial charge in [-0.25, -0.2) is 0 Å². The van der Waals surface area contributed by atoms with E-state index in [0.717, 1.165) is 12.8 Å². The van der Waals surface area contributed by atoms with Crippen LogP contribution in [0.5, 0.6) is 0 Å². The average molecular weight is 226 g/mol. The lowest BCUT2D eigenvalue weighted by Crippen LogP contribution is -2.51. The van der Waals surface area contributed by atoms with Gasteiger partial charge in [0.25, 0.3) is 0 Å². The number of hydrogen-bond donors (Lipinski definition) is 1. The van der Waals surface area contributed by atoms with Crippen LogP contribution in [0.3, 0.4) is 0 Å². The van der Waals surface area contributed by atoms with Crippen LogP contribution in [0.15, 0.2) is 0 Å². The van der Waals surface area contributed by atoms with Crippen LogP contribution in [0.1, 0.15) is 19.8 Å². The molecule has 1 aliphatic rings. The molecule has 1 saturated heterocycles. The highest BCUT2D eigenvalue weighted by Gasteiger charge is 2.26. The Kier molecular flexibility index (Phi) is 6.16. The Morgan fingerprint density at radius 1 is 1.60 bits per heavy atom. The third-order valence-corrected chi connectivity index (χ3v) is 4.08. The highest BCUT2D eigenvalue weighted by atomic mass is 32.2. The molecule has 15 heavy (non-hydrogen) atoms. The van der Waals surface area contributed by atoms with E-state index in [2.05, 4.69) is 47.9 Å².